The second-order valence-electron chi connectivity index (χ2n) is 4.35. The summed E-state index contributed by atoms with van der Waals surface area (Å²) < 4.78 is 0. The number of rotatable bonds is 2. The standard InChI is InChI=1S/C13H16O.CH2O3/c14-13(11-7-3-1-4-8-11)12-9-5-2-6-10-12;2-1(3)4/h1,3-4,7-8,12H,2,5-6,9-10H2;(H2,2,3,4). The van der Waals surface area contributed by atoms with Gasteiger partial charge in [0.15, 0.2) is 5.78 Å². The minimum Gasteiger partial charge on any atom is -0.450 e. The summed E-state index contributed by atoms with van der Waals surface area (Å²) >= 11 is 0. The number of benzene rings is 1. The van der Waals surface area contributed by atoms with E-state index in [0.29, 0.717) is 11.7 Å². The Labute approximate surface area is 106 Å². The van der Waals surface area contributed by atoms with Crippen molar-refractivity contribution < 1.29 is 19.8 Å². The monoisotopic (exact) mass is 250 g/mol. The molecule has 1 aliphatic rings. The van der Waals surface area contributed by atoms with Crippen LogP contribution in [0.1, 0.15) is 42.5 Å². The van der Waals surface area contributed by atoms with E-state index in [0.717, 1.165) is 18.4 Å². The van der Waals surface area contributed by atoms with Crippen molar-refractivity contribution in [1.82, 2.24) is 0 Å². The van der Waals surface area contributed by atoms with Crippen LogP contribution >= 0.6 is 0 Å². The molecule has 1 aromatic rings. The van der Waals surface area contributed by atoms with Crippen LogP contribution in [-0.2, 0) is 0 Å². The van der Waals surface area contributed by atoms with Crippen LogP contribution in [0, 0.1) is 5.92 Å². The predicted octanol–water partition coefficient (Wildman–Crippen LogP) is 3.67. The normalized spacial score (nSPS) is 15.3. The molecule has 0 radical (unpaired) electrons. The highest BCUT2D eigenvalue weighted by Gasteiger charge is 2.21. The third kappa shape index (κ3) is 4.99. The molecule has 98 valence electrons. The number of Topliss-reactive ketones (excluding diaryl/α,β-unsaturated/α-hetero) is 1. The Kier molecular flexibility index (Phi) is 5.91. The zero-order chi connectivity index (χ0) is 13.4. The first-order chi connectivity index (χ1) is 8.61. The molecule has 0 heterocycles. The van der Waals surface area contributed by atoms with Gasteiger partial charge in [0.25, 0.3) is 0 Å². The van der Waals surface area contributed by atoms with Gasteiger partial charge in [-0.05, 0) is 12.8 Å². The minimum atomic E-state index is -1.83. The van der Waals surface area contributed by atoms with Crippen LogP contribution in [0.4, 0.5) is 4.79 Å². The number of carbonyl (C=O) groups is 2. The molecule has 4 nitrogen and oxygen atoms in total. The van der Waals surface area contributed by atoms with E-state index < -0.39 is 6.16 Å². The van der Waals surface area contributed by atoms with E-state index >= 15 is 0 Å². The first kappa shape index (κ1) is 14.2. The second-order valence-corrected chi connectivity index (χ2v) is 4.35. The topological polar surface area (TPSA) is 74.6 Å². The van der Waals surface area contributed by atoms with Crippen molar-refractivity contribution in [3.8, 4) is 0 Å². The molecule has 0 aliphatic heterocycles. The predicted molar refractivity (Wildman–Crippen MR) is 68.0 cm³/mol. The largest absolute Gasteiger partial charge is 0.503 e. The van der Waals surface area contributed by atoms with Crippen LogP contribution < -0.4 is 0 Å². The fourth-order valence-electron chi connectivity index (χ4n) is 2.20. The molecule has 2 rings (SSSR count). The molecule has 0 spiro atoms. The number of carboxylic acid groups (broad SMARTS) is 2. The lowest BCUT2D eigenvalue weighted by atomic mass is 9.84. The highest BCUT2D eigenvalue weighted by Crippen LogP contribution is 2.26. The van der Waals surface area contributed by atoms with E-state index in [-0.39, 0.29) is 0 Å². The highest BCUT2D eigenvalue weighted by atomic mass is 16.6. The number of carbonyl (C=O) groups excluding carboxylic acids is 1. The first-order valence-electron chi connectivity index (χ1n) is 6.12. The summed E-state index contributed by atoms with van der Waals surface area (Å²) in [6, 6.07) is 9.69. The Hall–Kier alpha value is -1.84. The third-order valence-electron chi connectivity index (χ3n) is 3.03. The van der Waals surface area contributed by atoms with E-state index in [1.165, 1.54) is 19.3 Å². The molecule has 0 atom stereocenters. The lowest BCUT2D eigenvalue weighted by Crippen LogP contribution is -2.17. The molecule has 0 unspecified atom stereocenters. The van der Waals surface area contributed by atoms with Gasteiger partial charge in [0.05, 0.1) is 0 Å². The molecule has 0 bridgehead atoms. The molecule has 1 aromatic carbocycles. The molecule has 0 aromatic heterocycles. The molecule has 18 heavy (non-hydrogen) atoms. The van der Waals surface area contributed by atoms with E-state index in [4.69, 9.17) is 15.0 Å². The SMILES string of the molecule is O=C(O)O.O=C(c1ccccc1)C1CCCCC1. The molecule has 0 amide bonds. The van der Waals surface area contributed by atoms with Gasteiger partial charge < -0.3 is 10.2 Å². The number of hydrogen-bond donors (Lipinski definition) is 2. The van der Waals surface area contributed by atoms with Gasteiger partial charge in [-0.2, -0.15) is 0 Å². The highest BCUT2D eigenvalue weighted by molar-refractivity contribution is 5.97. The van der Waals surface area contributed by atoms with Crippen molar-refractivity contribution in [3.05, 3.63) is 35.9 Å². The van der Waals surface area contributed by atoms with Gasteiger partial charge in [-0.15, -0.1) is 0 Å². The van der Waals surface area contributed by atoms with Crippen LogP contribution in [-0.4, -0.2) is 22.2 Å². The summed E-state index contributed by atoms with van der Waals surface area (Å²) in [5.41, 5.74) is 0.888. The molecule has 0 saturated heterocycles. The zero-order valence-electron chi connectivity index (χ0n) is 10.2. The molecule has 4 heteroatoms. The summed E-state index contributed by atoms with van der Waals surface area (Å²) in [4.78, 5) is 20.6. The van der Waals surface area contributed by atoms with Crippen LogP contribution in [0.15, 0.2) is 30.3 Å². The minimum absolute atomic E-state index is 0.297. The molecule has 2 N–H and O–H groups in total. The Morgan fingerprint density at radius 1 is 0.944 bits per heavy atom. The van der Waals surface area contributed by atoms with Gasteiger partial charge in [0.2, 0.25) is 0 Å². The van der Waals surface area contributed by atoms with E-state index in [9.17, 15) is 4.79 Å². The Balaban J connectivity index is 0.000000357. The maximum absolute atomic E-state index is 12.0. The van der Waals surface area contributed by atoms with Crippen LogP contribution in [0.5, 0.6) is 0 Å². The van der Waals surface area contributed by atoms with Gasteiger partial charge in [-0.3, -0.25) is 4.79 Å². The second kappa shape index (κ2) is 7.48. The van der Waals surface area contributed by atoms with Gasteiger partial charge in [0, 0.05) is 11.5 Å². The van der Waals surface area contributed by atoms with E-state index in [1.807, 2.05) is 30.3 Å². The molecule has 1 saturated carbocycles. The maximum Gasteiger partial charge on any atom is 0.503 e. The van der Waals surface area contributed by atoms with Crippen LogP contribution in [0.3, 0.4) is 0 Å². The summed E-state index contributed by atoms with van der Waals surface area (Å²) in [5, 5.41) is 13.9. The van der Waals surface area contributed by atoms with Gasteiger partial charge in [-0.1, -0.05) is 49.6 Å². The Morgan fingerprint density at radius 2 is 1.44 bits per heavy atom. The van der Waals surface area contributed by atoms with Gasteiger partial charge in [-0.25, -0.2) is 4.79 Å². The van der Waals surface area contributed by atoms with Gasteiger partial charge >= 0.3 is 6.16 Å². The molecular formula is C14H18O4. The van der Waals surface area contributed by atoms with Crippen molar-refractivity contribution in [2.75, 3.05) is 0 Å². The van der Waals surface area contributed by atoms with Gasteiger partial charge in [0.1, 0.15) is 0 Å². The number of ketones is 1. The fourth-order valence-corrected chi connectivity index (χ4v) is 2.20. The summed E-state index contributed by atoms with van der Waals surface area (Å²) in [6.07, 6.45) is 4.10. The van der Waals surface area contributed by atoms with E-state index in [2.05, 4.69) is 0 Å². The Bertz CT molecular complexity index is 376. The lowest BCUT2D eigenvalue weighted by molar-refractivity contribution is 0.0889. The average Bonchev–Trinajstić information content (AvgIpc) is 2.39. The zero-order valence-corrected chi connectivity index (χ0v) is 10.2. The maximum atomic E-state index is 12.0. The molecule has 1 aliphatic carbocycles. The average molecular weight is 250 g/mol. The van der Waals surface area contributed by atoms with Crippen molar-refractivity contribution in [3.63, 3.8) is 0 Å². The van der Waals surface area contributed by atoms with E-state index in [1.54, 1.807) is 0 Å². The summed E-state index contributed by atoms with van der Waals surface area (Å²) in [5.74, 6) is 0.649. The van der Waals surface area contributed by atoms with Crippen LogP contribution in [0.25, 0.3) is 0 Å². The smallest absolute Gasteiger partial charge is 0.450 e. The summed E-state index contributed by atoms with van der Waals surface area (Å²) in [6.45, 7) is 0. The number of hydrogen-bond acceptors (Lipinski definition) is 2. The Morgan fingerprint density at radius 3 is 1.94 bits per heavy atom. The summed E-state index contributed by atoms with van der Waals surface area (Å²) in [7, 11) is 0. The van der Waals surface area contributed by atoms with Crippen LogP contribution in [0.2, 0.25) is 0 Å². The van der Waals surface area contributed by atoms with Crippen molar-refractivity contribution in [2.45, 2.75) is 32.1 Å². The van der Waals surface area contributed by atoms with Crippen molar-refractivity contribution in [1.29, 1.82) is 0 Å². The first-order valence-corrected chi connectivity index (χ1v) is 6.12. The molecular weight excluding hydrogens is 232 g/mol. The quantitative estimate of drug-likeness (QED) is 0.785. The van der Waals surface area contributed by atoms with Crippen molar-refractivity contribution >= 4 is 11.9 Å². The lowest BCUT2D eigenvalue weighted by Gasteiger charge is -2.20. The molecule has 1 fully saturated rings. The fraction of sp³-hybridized carbons (Fsp3) is 0.429. The van der Waals surface area contributed by atoms with Crippen molar-refractivity contribution in [2.24, 2.45) is 5.92 Å². The third-order valence-corrected chi connectivity index (χ3v) is 3.03.